The second-order valence-electron chi connectivity index (χ2n) is 4.36. The second-order valence-corrected chi connectivity index (χ2v) is 6.49. The highest BCUT2D eigenvalue weighted by Gasteiger charge is 2.28. The molecule has 0 saturated carbocycles. The third-order valence-corrected chi connectivity index (χ3v) is 5.20. The molecule has 2 heterocycles. The van der Waals surface area contributed by atoms with Crippen LogP contribution in [0.1, 0.15) is 17.3 Å². The van der Waals surface area contributed by atoms with Crippen molar-refractivity contribution >= 4 is 35.1 Å². The minimum absolute atomic E-state index is 0.197. The number of aliphatic carboxylic acids is 1. The molecule has 7 heteroatoms. The Morgan fingerprint density at radius 1 is 1.58 bits per heavy atom. The molecular weight excluding hydrogens is 284 g/mol. The summed E-state index contributed by atoms with van der Waals surface area (Å²) in [5, 5.41) is 13.6. The minimum atomic E-state index is -1.04. The molecular formula is C12H16N2O3S2. The standard InChI is InChI=1S/C12H16N2O3S2/c1-14(8-4-6-18-7-8)12(17)13-10(11(15)16)9-3-2-5-19-9/h2-3,5,8,10H,4,6-7H2,1H3,(H,13,17)(H,15,16). The van der Waals surface area contributed by atoms with E-state index in [1.54, 1.807) is 29.5 Å². The average molecular weight is 300 g/mol. The van der Waals surface area contributed by atoms with Gasteiger partial charge in [0.2, 0.25) is 0 Å². The maximum Gasteiger partial charge on any atom is 0.331 e. The molecule has 2 rings (SSSR count). The number of carboxylic acids is 1. The van der Waals surface area contributed by atoms with Crippen LogP contribution in [0.3, 0.4) is 0 Å². The molecule has 1 aliphatic rings. The fraction of sp³-hybridized carbons (Fsp3) is 0.500. The number of amides is 2. The third-order valence-electron chi connectivity index (χ3n) is 3.12. The first-order valence-electron chi connectivity index (χ1n) is 5.97. The molecule has 2 N–H and O–H groups in total. The first-order valence-corrected chi connectivity index (χ1v) is 8.00. The Balaban J connectivity index is 2.01. The van der Waals surface area contributed by atoms with Crippen LogP contribution in [-0.2, 0) is 4.79 Å². The molecule has 0 radical (unpaired) electrons. The SMILES string of the molecule is CN(C(=O)NC(C(=O)O)c1cccs1)C1CCSC1. The monoisotopic (exact) mass is 300 g/mol. The van der Waals surface area contributed by atoms with Gasteiger partial charge in [-0.1, -0.05) is 6.07 Å². The first kappa shape index (κ1) is 14.2. The van der Waals surface area contributed by atoms with Crippen LogP contribution in [0.25, 0.3) is 0 Å². The van der Waals surface area contributed by atoms with E-state index in [1.807, 2.05) is 11.8 Å². The van der Waals surface area contributed by atoms with Crippen LogP contribution in [0.2, 0.25) is 0 Å². The lowest BCUT2D eigenvalue weighted by molar-refractivity contribution is -0.139. The molecule has 2 atom stereocenters. The van der Waals surface area contributed by atoms with Crippen LogP contribution < -0.4 is 5.32 Å². The summed E-state index contributed by atoms with van der Waals surface area (Å²) in [6, 6.07) is 2.40. The zero-order valence-electron chi connectivity index (χ0n) is 10.5. The van der Waals surface area contributed by atoms with Gasteiger partial charge >= 0.3 is 12.0 Å². The van der Waals surface area contributed by atoms with Crippen LogP contribution in [0.5, 0.6) is 0 Å². The summed E-state index contributed by atoms with van der Waals surface area (Å²) in [5.74, 6) is 0.931. The zero-order valence-corrected chi connectivity index (χ0v) is 12.2. The molecule has 1 aromatic heterocycles. The van der Waals surface area contributed by atoms with E-state index in [-0.39, 0.29) is 12.1 Å². The van der Waals surface area contributed by atoms with Crippen molar-refractivity contribution in [1.29, 1.82) is 0 Å². The summed E-state index contributed by atoms with van der Waals surface area (Å²) in [4.78, 5) is 25.6. The van der Waals surface area contributed by atoms with E-state index in [1.165, 1.54) is 11.3 Å². The molecule has 1 saturated heterocycles. The topological polar surface area (TPSA) is 69.6 Å². The quantitative estimate of drug-likeness (QED) is 0.892. The van der Waals surface area contributed by atoms with Crippen LogP contribution >= 0.6 is 23.1 Å². The fourth-order valence-electron chi connectivity index (χ4n) is 1.93. The smallest absolute Gasteiger partial charge is 0.331 e. The number of nitrogens with one attached hydrogen (secondary N) is 1. The number of carboxylic acid groups (broad SMARTS) is 1. The summed E-state index contributed by atoms with van der Waals surface area (Å²) < 4.78 is 0. The van der Waals surface area contributed by atoms with Crippen molar-refractivity contribution in [2.45, 2.75) is 18.5 Å². The summed E-state index contributed by atoms with van der Waals surface area (Å²) in [5.41, 5.74) is 0. The maximum absolute atomic E-state index is 12.1. The van der Waals surface area contributed by atoms with Gasteiger partial charge in [0.05, 0.1) is 0 Å². The van der Waals surface area contributed by atoms with E-state index in [9.17, 15) is 14.7 Å². The van der Waals surface area contributed by atoms with E-state index in [2.05, 4.69) is 5.32 Å². The molecule has 5 nitrogen and oxygen atoms in total. The van der Waals surface area contributed by atoms with Gasteiger partial charge in [-0.05, 0) is 23.6 Å². The van der Waals surface area contributed by atoms with Crippen LogP contribution in [0.15, 0.2) is 17.5 Å². The Kier molecular flexibility index (Phi) is 4.71. The van der Waals surface area contributed by atoms with E-state index in [0.29, 0.717) is 4.88 Å². The zero-order chi connectivity index (χ0) is 13.8. The normalized spacial score (nSPS) is 19.9. The molecule has 1 fully saturated rings. The van der Waals surface area contributed by atoms with Crippen LogP contribution in [-0.4, -0.2) is 46.6 Å². The highest BCUT2D eigenvalue weighted by Crippen LogP contribution is 2.23. The molecule has 0 bridgehead atoms. The molecule has 0 aliphatic carbocycles. The van der Waals surface area contributed by atoms with Crippen molar-refractivity contribution in [3.63, 3.8) is 0 Å². The van der Waals surface area contributed by atoms with Crippen molar-refractivity contribution in [2.75, 3.05) is 18.6 Å². The molecule has 1 aromatic rings. The van der Waals surface area contributed by atoms with Crippen LogP contribution in [0.4, 0.5) is 4.79 Å². The number of hydrogen-bond acceptors (Lipinski definition) is 4. The summed E-state index contributed by atoms with van der Waals surface area (Å²) in [6.45, 7) is 0. The van der Waals surface area contributed by atoms with E-state index < -0.39 is 12.0 Å². The number of rotatable bonds is 4. The van der Waals surface area contributed by atoms with Gasteiger partial charge in [-0.3, -0.25) is 0 Å². The molecule has 2 unspecified atom stereocenters. The predicted octanol–water partition coefficient (Wildman–Crippen LogP) is 2.02. The van der Waals surface area contributed by atoms with Gasteiger partial charge in [0.15, 0.2) is 6.04 Å². The summed E-state index contributed by atoms with van der Waals surface area (Å²) >= 11 is 3.14. The summed E-state index contributed by atoms with van der Waals surface area (Å²) in [6.07, 6.45) is 0.964. The van der Waals surface area contributed by atoms with Crippen molar-refractivity contribution in [3.05, 3.63) is 22.4 Å². The highest BCUT2D eigenvalue weighted by molar-refractivity contribution is 7.99. The lowest BCUT2D eigenvalue weighted by Crippen LogP contribution is -2.46. The largest absolute Gasteiger partial charge is 0.479 e. The van der Waals surface area contributed by atoms with Crippen molar-refractivity contribution < 1.29 is 14.7 Å². The van der Waals surface area contributed by atoms with Gasteiger partial charge in [-0.25, -0.2) is 9.59 Å². The Hall–Kier alpha value is -1.21. The lowest BCUT2D eigenvalue weighted by Gasteiger charge is -2.25. The predicted molar refractivity (Wildman–Crippen MR) is 76.7 cm³/mol. The minimum Gasteiger partial charge on any atom is -0.479 e. The van der Waals surface area contributed by atoms with Crippen molar-refractivity contribution in [2.24, 2.45) is 0 Å². The maximum atomic E-state index is 12.1. The van der Waals surface area contributed by atoms with Gasteiger partial charge in [0.1, 0.15) is 0 Å². The van der Waals surface area contributed by atoms with Gasteiger partial charge < -0.3 is 15.3 Å². The Morgan fingerprint density at radius 2 is 2.37 bits per heavy atom. The van der Waals surface area contributed by atoms with Crippen LogP contribution in [0, 0.1) is 0 Å². The molecule has 0 spiro atoms. The number of hydrogen-bond donors (Lipinski definition) is 2. The average Bonchev–Trinajstić information content (AvgIpc) is 3.06. The number of carbonyl (C=O) groups excluding carboxylic acids is 1. The highest BCUT2D eigenvalue weighted by atomic mass is 32.2. The van der Waals surface area contributed by atoms with Crippen molar-refractivity contribution in [3.8, 4) is 0 Å². The van der Waals surface area contributed by atoms with E-state index in [0.717, 1.165) is 17.9 Å². The Labute approximate surface area is 120 Å². The van der Waals surface area contributed by atoms with Gasteiger partial charge in [0.25, 0.3) is 0 Å². The first-order chi connectivity index (χ1) is 9.09. The van der Waals surface area contributed by atoms with Gasteiger partial charge in [-0.15, -0.1) is 11.3 Å². The molecule has 2 amide bonds. The van der Waals surface area contributed by atoms with Gasteiger partial charge in [0, 0.05) is 23.7 Å². The fourth-order valence-corrected chi connectivity index (χ4v) is 3.96. The number of carbonyl (C=O) groups is 2. The van der Waals surface area contributed by atoms with Crippen molar-refractivity contribution in [1.82, 2.24) is 10.2 Å². The molecule has 1 aliphatic heterocycles. The van der Waals surface area contributed by atoms with Gasteiger partial charge in [-0.2, -0.15) is 11.8 Å². The lowest BCUT2D eigenvalue weighted by atomic mass is 10.2. The summed E-state index contributed by atoms with van der Waals surface area (Å²) in [7, 11) is 1.72. The van der Waals surface area contributed by atoms with E-state index in [4.69, 9.17) is 0 Å². The Bertz CT molecular complexity index is 444. The third kappa shape index (κ3) is 3.42. The Morgan fingerprint density at radius 3 is 2.89 bits per heavy atom. The molecule has 0 aromatic carbocycles. The second kappa shape index (κ2) is 6.29. The molecule has 19 heavy (non-hydrogen) atoms. The number of urea groups is 1. The molecule has 104 valence electrons. The number of thioether (sulfide) groups is 1. The van der Waals surface area contributed by atoms with E-state index >= 15 is 0 Å². The number of nitrogens with zero attached hydrogens (tertiary/aromatic N) is 1. The number of thiophene rings is 1.